The summed E-state index contributed by atoms with van der Waals surface area (Å²) in [5, 5.41) is 0. The molecule has 6 nitrogen and oxygen atoms in total. The maximum atomic E-state index is 12.0. The Morgan fingerprint density at radius 1 is 1.32 bits per heavy atom. The molecule has 1 amide bonds. The molecule has 1 saturated heterocycles. The van der Waals surface area contributed by atoms with Gasteiger partial charge in [-0.15, -0.1) is 0 Å². The average Bonchev–Trinajstić information content (AvgIpc) is 2.40. The van der Waals surface area contributed by atoms with Crippen molar-refractivity contribution in [3.63, 3.8) is 0 Å². The minimum Gasteiger partial charge on any atom is -0.499 e. The summed E-state index contributed by atoms with van der Waals surface area (Å²) < 4.78 is 15.5. The van der Waals surface area contributed by atoms with E-state index in [1.165, 1.54) is 14.0 Å². The van der Waals surface area contributed by atoms with Crippen LogP contribution in [0.25, 0.3) is 0 Å². The third-order valence-corrected chi connectivity index (χ3v) is 3.65. The lowest BCUT2D eigenvalue weighted by molar-refractivity contribution is -0.153. The molecule has 2 bridgehead atoms. The molecule has 3 atom stereocenters. The predicted octanol–water partition coefficient (Wildman–Crippen LogP) is 1.45. The van der Waals surface area contributed by atoms with Crippen molar-refractivity contribution in [1.29, 1.82) is 0 Å². The van der Waals surface area contributed by atoms with Gasteiger partial charge in [0.2, 0.25) is 0 Å². The molecule has 0 aromatic carbocycles. The van der Waals surface area contributed by atoms with Crippen LogP contribution in [0.15, 0.2) is 11.8 Å². The number of carbonyl (C=O) groups excluding carboxylic acids is 2. The van der Waals surface area contributed by atoms with Gasteiger partial charge in [-0.25, -0.2) is 4.79 Å². The van der Waals surface area contributed by atoms with E-state index < -0.39 is 6.09 Å². The predicted molar refractivity (Wildman–Crippen MR) is 66.3 cm³/mol. The SMILES string of the molecule is COC(=O)N1[C@@H]2CC=C(OC)[C@H]1[C@@H](OC(C)=O)CC2. The van der Waals surface area contributed by atoms with Gasteiger partial charge in [-0.2, -0.15) is 0 Å². The summed E-state index contributed by atoms with van der Waals surface area (Å²) >= 11 is 0. The molecule has 0 aliphatic carbocycles. The molecule has 1 fully saturated rings. The van der Waals surface area contributed by atoms with E-state index in [1.807, 2.05) is 6.08 Å². The fourth-order valence-corrected chi connectivity index (χ4v) is 2.89. The van der Waals surface area contributed by atoms with Crippen LogP contribution >= 0.6 is 0 Å². The third-order valence-electron chi connectivity index (χ3n) is 3.65. The van der Waals surface area contributed by atoms with Crippen LogP contribution in [0.4, 0.5) is 4.79 Å². The third kappa shape index (κ3) is 2.52. The smallest absolute Gasteiger partial charge is 0.410 e. The first-order valence-electron chi connectivity index (χ1n) is 6.36. The van der Waals surface area contributed by atoms with Gasteiger partial charge in [-0.3, -0.25) is 9.69 Å². The standard InChI is InChI=1S/C13H19NO5/c1-8(15)19-11-7-5-9-4-6-10(17-2)12(11)14(9)13(16)18-3/h6,9,11-12H,4-5,7H2,1-3H3/t9-,11+,12+/m1/s1. The number of hydrogen-bond donors (Lipinski definition) is 0. The van der Waals surface area contributed by atoms with Gasteiger partial charge in [0.1, 0.15) is 17.9 Å². The number of carbonyl (C=O) groups is 2. The zero-order valence-electron chi connectivity index (χ0n) is 11.4. The number of fused-ring (bicyclic) bond motifs is 2. The van der Waals surface area contributed by atoms with E-state index in [0.29, 0.717) is 5.76 Å². The van der Waals surface area contributed by atoms with E-state index in [0.717, 1.165) is 19.3 Å². The number of rotatable bonds is 2. The van der Waals surface area contributed by atoms with Crippen molar-refractivity contribution >= 4 is 12.1 Å². The van der Waals surface area contributed by atoms with E-state index in [2.05, 4.69) is 0 Å². The first-order chi connectivity index (χ1) is 9.08. The van der Waals surface area contributed by atoms with Crippen LogP contribution in [0, 0.1) is 0 Å². The van der Waals surface area contributed by atoms with Crippen LogP contribution < -0.4 is 0 Å². The Morgan fingerprint density at radius 2 is 2.05 bits per heavy atom. The number of amides is 1. The van der Waals surface area contributed by atoms with Crippen molar-refractivity contribution in [2.45, 2.75) is 44.4 Å². The molecule has 6 heteroatoms. The van der Waals surface area contributed by atoms with E-state index in [9.17, 15) is 9.59 Å². The highest BCUT2D eigenvalue weighted by molar-refractivity contribution is 5.70. The molecule has 0 aromatic rings. The number of ether oxygens (including phenoxy) is 3. The van der Waals surface area contributed by atoms with Crippen LogP contribution in [-0.2, 0) is 19.0 Å². The summed E-state index contributed by atoms with van der Waals surface area (Å²) in [6.07, 6.45) is 3.43. The first kappa shape index (κ1) is 13.7. The molecule has 2 rings (SSSR count). The highest BCUT2D eigenvalue weighted by Crippen LogP contribution is 2.36. The molecule has 0 radical (unpaired) electrons. The quantitative estimate of drug-likeness (QED) is 0.710. The minimum absolute atomic E-state index is 0.0863. The summed E-state index contributed by atoms with van der Waals surface area (Å²) in [5.41, 5.74) is 0. The Kier molecular flexibility index (Phi) is 3.97. The maximum absolute atomic E-state index is 12.0. The van der Waals surface area contributed by atoms with Crippen LogP contribution in [0.1, 0.15) is 26.2 Å². The van der Waals surface area contributed by atoms with Gasteiger partial charge < -0.3 is 14.2 Å². The second-order valence-corrected chi connectivity index (χ2v) is 4.75. The lowest BCUT2D eigenvalue weighted by Gasteiger charge is -2.47. The van der Waals surface area contributed by atoms with E-state index in [4.69, 9.17) is 14.2 Å². The number of hydrogen-bond acceptors (Lipinski definition) is 5. The maximum Gasteiger partial charge on any atom is 0.410 e. The first-order valence-corrected chi connectivity index (χ1v) is 6.36. The summed E-state index contributed by atoms with van der Waals surface area (Å²) in [6, 6.07) is -0.294. The normalized spacial score (nSPS) is 29.3. The van der Waals surface area contributed by atoms with Gasteiger partial charge in [0, 0.05) is 13.0 Å². The molecule has 0 spiro atoms. The van der Waals surface area contributed by atoms with Crippen molar-refractivity contribution < 1.29 is 23.8 Å². The lowest BCUT2D eigenvalue weighted by Crippen LogP contribution is -2.59. The van der Waals surface area contributed by atoms with Crippen molar-refractivity contribution in [3.05, 3.63) is 11.8 Å². The van der Waals surface area contributed by atoms with Gasteiger partial charge in [0.25, 0.3) is 0 Å². The highest BCUT2D eigenvalue weighted by atomic mass is 16.6. The van der Waals surface area contributed by atoms with Gasteiger partial charge in [0.15, 0.2) is 0 Å². The molecule has 0 aromatic heterocycles. The van der Waals surface area contributed by atoms with E-state index in [1.54, 1.807) is 12.0 Å². The van der Waals surface area contributed by atoms with Crippen LogP contribution in [-0.4, -0.2) is 49.4 Å². The largest absolute Gasteiger partial charge is 0.499 e. The summed E-state index contributed by atoms with van der Waals surface area (Å²) in [4.78, 5) is 24.8. The van der Waals surface area contributed by atoms with Gasteiger partial charge in [-0.1, -0.05) is 0 Å². The summed E-state index contributed by atoms with van der Waals surface area (Å²) in [7, 11) is 2.91. The minimum atomic E-state index is -0.408. The fourth-order valence-electron chi connectivity index (χ4n) is 2.89. The van der Waals surface area contributed by atoms with Crippen molar-refractivity contribution in [2.24, 2.45) is 0 Å². The molecular formula is C13H19NO5. The van der Waals surface area contributed by atoms with Gasteiger partial charge in [0.05, 0.1) is 14.2 Å². The zero-order valence-corrected chi connectivity index (χ0v) is 11.4. The van der Waals surface area contributed by atoms with E-state index >= 15 is 0 Å². The van der Waals surface area contributed by atoms with Crippen LogP contribution in [0.3, 0.4) is 0 Å². The average molecular weight is 269 g/mol. The summed E-state index contributed by atoms with van der Waals surface area (Å²) in [6.45, 7) is 1.37. The topological polar surface area (TPSA) is 65.1 Å². The Bertz CT molecular complexity index is 406. The number of esters is 1. The highest BCUT2D eigenvalue weighted by Gasteiger charge is 2.46. The van der Waals surface area contributed by atoms with E-state index in [-0.39, 0.29) is 24.2 Å². The van der Waals surface area contributed by atoms with Crippen molar-refractivity contribution in [2.75, 3.05) is 14.2 Å². The number of piperidine rings is 1. The Morgan fingerprint density at radius 3 is 2.63 bits per heavy atom. The number of methoxy groups -OCH3 is 2. The zero-order chi connectivity index (χ0) is 14.0. The van der Waals surface area contributed by atoms with Gasteiger partial charge in [-0.05, 0) is 25.3 Å². The molecule has 19 heavy (non-hydrogen) atoms. The second kappa shape index (κ2) is 5.50. The molecule has 0 N–H and O–H groups in total. The summed E-state index contributed by atoms with van der Waals surface area (Å²) in [5.74, 6) is 0.307. The van der Waals surface area contributed by atoms with Gasteiger partial charge >= 0.3 is 12.1 Å². The molecule has 2 aliphatic rings. The monoisotopic (exact) mass is 269 g/mol. The number of nitrogens with zero attached hydrogens (tertiary/aromatic N) is 1. The van der Waals surface area contributed by atoms with Crippen molar-refractivity contribution in [3.8, 4) is 0 Å². The second-order valence-electron chi connectivity index (χ2n) is 4.75. The Hall–Kier alpha value is -1.72. The Balaban J connectivity index is 2.31. The molecular weight excluding hydrogens is 250 g/mol. The molecule has 0 unspecified atom stereocenters. The van der Waals surface area contributed by atoms with Crippen LogP contribution in [0.5, 0.6) is 0 Å². The van der Waals surface area contributed by atoms with Crippen LogP contribution in [0.2, 0.25) is 0 Å². The lowest BCUT2D eigenvalue weighted by atomic mass is 9.86. The molecule has 0 saturated carbocycles. The van der Waals surface area contributed by atoms with Crippen molar-refractivity contribution in [1.82, 2.24) is 4.90 Å². The molecule has 2 aliphatic heterocycles. The fraction of sp³-hybridized carbons (Fsp3) is 0.692. The Labute approximate surface area is 112 Å². The molecule has 106 valence electrons. The molecule has 2 heterocycles.